The number of rotatable bonds is 1. The molecule has 0 aliphatic carbocycles. The molecule has 1 aromatic carbocycles. The van der Waals surface area contributed by atoms with Gasteiger partial charge in [-0.15, -0.1) is 0 Å². The van der Waals surface area contributed by atoms with E-state index >= 15 is 0 Å². The number of anilines is 2. The molecular weight excluding hydrogens is 204 g/mol. The molecule has 2 rings (SSSR count). The van der Waals surface area contributed by atoms with Crippen LogP contribution in [0.2, 0.25) is 0 Å². The van der Waals surface area contributed by atoms with Gasteiger partial charge < -0.3 is 15.3 Å². The van der Waals surface area contributed by atoms with Crippen LogP contribution in [0.5, 0.6) is 5.75 Å². The van der Waals surface area contributed by atoms with Crippen molar-refractivity contribution >= 4 is 17.3 Å². The van der Waals surface area contributed by atoms with Crippen LogP contribution >= 0.6 is 0 Å². The summed E-state index contributed by atoms with van der Waals surface area (Å²) in [5.74, 6) is 0.111. The Bertz CT molecular complexity index is 441. The molecule has 86 valence electrons. The standard InChI is InChI=1S/C12H16N2O2/c1-4-14-10-8(6-5-7-9(10)15)13-12(2,3)11(14)16/h5-7,13,15H,4H2,1-3H3. The lowest BCUT2D eigenvalue weighted by atomic mass is 9.98. The number of nitrogens with zero attached hydrogens (tertiary/aromatic N) is 1. The molecule has 1 aromatic rings. The van der Waals surface area contributed by atoms with Crippen molar-refractivity contribution in [3.05, 3.63) is 18.2 Å². The largest absolute Gasteiger partial charge is 0.506 e. The first kappa shape index (κ1) is 10.8. The smallest absolute Gasteiger partial charge is 0.252 e. The number of benzene rings is 1. The molecule has 0 spiro atoms. The maximum Gasteiger partial charge on any atom is 0.252 e. The van der Waals surface area contributed by atoms with Gasteiger partial charge in [0.2, 0.25) is 0 Å². The zero-order valence-electron chi connectivity index (χ0n) is 9.74. The van der Waals surface area contributed by atoms with Gasteiger partial charge in [0.05, 0.1) is 5.69 Å². The number of hydrogen-bond donors (Lipinski definition) is 2. The lowest BCUT2D eigenvalue weighted by molar-refractivity contribution is -0.122. The Balaban J connectivity index is 2.61. The molecule has 0 unspecified atom stereocenters. The lowest BCUT2D eigenvalue weighted by Gasteiger charge is -2.39. The second kappa shape index (κ2) is 3.40. The van der Waals surface area contributed by atoms with Crippen molar-refractivity contribution in [2.75, 3.05) is 16.8 Å². The first-order valence-electron chi connectivity index (χ1n) is 5.39. The van der Waals surface area contributed by atoms with Crippen LogP contribution in [0.3, 0.4) is 0 Å². The quantitative estimate of drug-likeness (QED) is 0.760. The van der Waals surface area contributed by atoms with Crippen molar-refractivity contribution in [2.24, 2.45) is 0 Å². The van der Waals surface area contributed by atoms with Gasteiger partial charge in [0.25, 0.3) is 5.91 Å². The van der Waals surface area contributed by atoms with E-state index in [1.54, 1.807) is 17.0 Å². The predicted octanol–water partition coefficient (Wildman–Crippen LogP) is 1.95. The Kier molecular flexibility index (Phi) is 2.30. The first-order chi connectivity index (χ1) is 7.47. The molecule has 1 amide bonds. The second-order valence-corrected chi connectivity index (χ2v) is 4.47. The average Bonchev–Trinajstić information content (AvgIpc) is 2.21. The minimum absolute atomic E-state index is 0.0241. The SMILES string of the molecule is CCN1C(=O)C(C)(C)Nc2cccc(O)c21. The zero-order valence-corrected chi connectivity index (χ0v) is 9.74. The number of carbonyl (C=O) groups excluding carboxylic acids is 1. The van der Waals surface area contributed by atoms with Gasteiger partial charge in [-0.1, -0.05) is 6.07 Å². The average molecular weight is 220 g/mol. The molecule has 1 heterocycles. The Labute approximate surface area is 94.9 Å². The van der Waals surface area contributed by atoms with Gasteiger partial charge in [0.15, 0.2) is 0 Å². The van der Waals surface area contributed by atoms with E-state index < -0.39 is 5.54 Å². The number of carbonyl (C=O) groups is 1. The van der Waals surface area contributed by atoms with Gasteiger partial charge >= 0.3 is 0 Å². The number of para-hydroxylation sites is 1. The number of nitrogens with one attached hydrogen (secondary N) is 1. The fraction of sp³-hybridized carbons (Fsp3) is 0.417. The van der Waals surface area contributed by atoms with E-state index in [0.717, 1.165) is 5.69 Å². The Morgan fingerprint density at radius 2 is 2.12 bits per heavy atom. The van der Waals surface area contributed by atoms with E-state index in [2.05, 4.69) is 5.32 Å². The topological polar surface area (TPSA) is 52.6 Å². The highest BCUT2D eigenvalue weighted by Gasteiger charge is 2.38. The molecule has 1 aliphatic rings. The summed E-state index contributed by atoms with van der Waals surface area (Å²) in [5.41, 5.74) is 0.748. The number of amides is 1. The molecule has 0 atom stereocenters. The van der Waals surface area contributed by atoms with Crippen molar-refractivity contribution in [1.29, 1.82) is 0 Å². The van der Waals surface area contributed by atoms with E-state index in [0.29, 0.717) is 12.2 Å². The molecule has 0 saturated carbocycles. The number of likely N-dealkylation sites (N-methyl/N-ethyl adjacent to an activating group) is 1. The van der Waals surface area contributed by atoms with Gasteiger partial charge in [-0.3, -0.25) is 4.79 Å². The van der Waals surface area contributed by atoms with Crippen LogP contribution in [0.15, 0.2) is 18.2 Å². The highest BCUT2D eigenvalue weighted by atomic mass is 16.3. The van der Waals surface area contributed by atoms with Gasteiger partial charge in [-0.2, -0.15) is 0 Å². The molecule has 0 bridgehead atoms. The monoisotopic (exact) mass is 220 g/mol. The fourth-order valence-electron chi connectivity index (χ4n) is 2.05. The fourth-order valence-corrected chi connectivity index (χ4v) is 2.05. The summed E-state index contributed by atoms with van der Waals surface area (Å²) in [6.45, 7) is 6.12. The predicted molar refractivity (Wildman–Crippen MR) is 63.8 cm³/mol. The van der Waals surface area contributed by atoms with E-state index in [-0.39, 0.29) is 11.7 Å². The van der Waals surface area contributed by atoms with Gasteiger partial charge in [-0.05, 0) is 32.9 Å². The van der Waals surface area contributed by atoms with E-state index in [9.17, 15) is 9.90 Å². The number of aromatic hydroxyl groups is 1. The highest BCUT2D eigenvalue weighted by Crippen LogP contribution is 2.41. The highest BCUT2D eigenvalue weighted by molar-refractivity contribution is 6.08. The molecule has 2 N–H and O–H groups in total. The third-order valence-corrected chi connectivity index (χ3v) is 2.83. The van der Waals surface area contributed by atoms with E-state index in [1.165, 1.54) is 0 Å². The summed E-state index contributed by atoms with van der Waals surface area (Å²) in [7, 11) is 0. The first-order valence-corrected chi connectivity index (χ1v) is 5.39. The van der Waals surface area contributed by atoms with Crippen molar-refractivity contribution in [2.45, 2.75) is 26.3 Å². The van der Waals surface area contributed by atoms with Crippen LogP contribution in [-0.4, -0.2) is 23.1 Å². The molecule has 4 heteroatoms. The van der Waals surface area contributed by atoms with Crippen molar-refractivity contribution in [3.63, 3.8) is 0 Å². The van der Waals surface area contributed by atoms with Gasteiger partial charge in [0.1, 0.15) is 17.0 Å². The summed E-state index contributed by atoms with van der Waals surface area (Å²) in [4.78, 5) is 13.8. The normalized spacial score (nSPS) is 17.9. The minimum atomic E-state index is -0.628. The van der Waals surface area contributed by atoms with Crippen LogP contribution in [0.1, 0.15) is 20.8 Å². The Morgan fingerprint density at radius 1 is 1.44 bits per heavy atom. The molecular formula is C12H16N2O2. The Morgan fingerprint density at radius 3 is 2.75 bits per heavy atom. The minimum Gasteiger partial charge on any atom is -0.506 e. The molecule has 1 aliphatic heterocycles. The van der Waals surface area contributed by atoms with Crippen LogP contribution in [0, 0.1) is 0 Å². The van der Waals surface area contributed by atoms with Crippen molar-refractivity contribution < 1.29 is 9.90 Å². The Hall–Kier alpha value is -1.71. The lowest BCUT2D eigenvalue weighted by Crippen LogP contribution is -2.53. The second-order valence-electron chi connectivity index (χ2n) is 4.47. The van der Waals surface area contributed by atoms with Crippen LogP contribution in [0.4, 0.5) is 11.4 Å². The zero-order chi connectivity index (χ0) is 11.9. The third kappa shape index (κ3) is 1.41. The number of fused-ring (bicyclic) bond motifs is 1. The molecule has 0 radical (unpaired) electrons. The molecule has 0 aromatic heterocycles. The van der Waals surface area contributed by atoms with Crippen LogP contribution in [0.25, 0.3) is 0 Å². The van der Waals surface area contributed by atoms with Crippen molar-refractivity contribution in [1.82, 2.24) is 0 Å². The third-order valence-electron chi connectivity index (χ3n) is 2.83. The molecule has 0 saturated heterocycles. The number of phenols is 1. The maximum absolute atomic E-state index is 12.1. The van der Waals surface area contributed by atoms with Crippen LogP contribution in [-0.2, 0) is 4.79 Å². The van der Waals surface area contributed by atoms with Crippen LogP contribution < -0.4 is 10.2 Å². The summed E-state index contributed by atoms with van der Waals surface area (Å²) >= 11 is 0. The molecule has 16 heavy (non-hydrogen) atoms. The maximum atomic E-state index is 12.1. The van der Waals surface area contributed by atoms with Gasteiger partial charge in [-0.25, -0.2) is 0 Å². The van der Waals surface area contributed by atoms with Gasteiger partial charge in [0, 0.05) is 6.54 Å². The summed E-state index contributed by atoms with van der Waals surface area (Å²) in [5, 5.41) is 13.0. The molecule has 4 nitrogen and oxygen atoms in total. The van der Waals surface area contributed by atoms with E-state index in [4.69, 9.17) is 0 Å². The number of phenolic OH excluding ortho intramolecular Hbond substituents is 1. The molecule has 0 fully saturated rings. The van der Waals surface area contributed by atoms with Crippen molar-refractivity contribution in [3.8, 4) is 5.75 Å². The van der Waals surface area contributed by atoms with E-state index in [1.807, 2.05) is 26.8 Å². The number of hydrogen-bond acceptors (Lipinski definition) is 3. The summed E-state index contributed by atoms with van der Waals surface area (Å²) in [6.07, 6.45) is 0. The summed E-state index contributed by atoms with van der Waals surface area (Å²) < 4.78 is 0. The summed E-state index contributed by atoms with van der Waals surface area (Å²) in [6, 6.07) is 5.22.